The predicted octanol–water partition coefficient (Wildman–Crippen LogP) is 4.46. The van der Waals surface area contributed by atoms with Crippen LogP contribution in [0.5, 0.6) is 0 Å². The minimum absolute atomic E-state index is 0.353. The number of aromatic amines is 1. The van der Waals surface area contributed by atoms with Crippen molar-refractivity contribution >= 4 is 44.0 Å². The Bertz CT molecular complexity index is 1170. The van der Waals surface area contributed by atoms with E-state index in [0.717, 1.165) is 51.0 Å². The van der Waals surface area contributed by atoms with Crippen LogP contribution in [0.25, 0.3) is 33.6 Å². The number of H-pyrrole nitrogens is 1. The van der Waals surface area contributed by atoms with Gasteiger partial charge in [0.1, 0.15) is 10.3 Å². The molecule has 1 N–H and O–H groups in total. The van der Waals surface area contributed by atoms with E-state index >= 15 is 0 Å². The first-order chi connectivity index (χ1) is 12.6. The van der Waals surface area contributed by atoms with Crippen molar-refractivity contribution in [3.05, 3.63) is 46.6 Å². The molecule has 1 aromatic carbocycles. The summed E-state index contributed by atoms with van der Waals surface area (Å²) in [5.74, 6) is 0.521. The Morgan fingerprint density at radius 2 is 2.08 bits per heavy atom. The van der Waals surface area contributed by atoms with E-state index in [1.165, 1.54) is 7.11 Å². The summed E-state index contributed by atoms with van der Waals surface area (Å²) in [6.07, 6.45) is 2.28. The van der Waals surface area contributed by atoms with Gasteiger partial charge in [-0.1, -0.05) is 0 Å². The molecule has 0 bridgehead atoms. The van der Waals surface area contributed by atoms with E-state index in [2.05, 4.69) is 36.5 Å². The van der Waals surface area contributed by atoms with E-state index < -0.39 is 0 Å². The number of pyridine rings is 1. The first-order valence-corrected chi connectivity index (χ1v) is 9.19. The normalized spacial score (nSPS) is 14.2. The van der Waals surface area contributed by atoms with Crippen molar-refractivity contribution in [3.63, 3.8) is 0 Å². The Labute approximate surface area is 157 Å². The maximum atomic E-state index is 11.8. The summed E-state index contributed by atoms with van der Waals surface area (Å²) in [6.45, 7) is 0. The minimum Gasteiger partial charge on any atom is -0.465 e. The zero-order chi connectivity index (χ0) is 17.8. The lowest BCUT2D eigenvalue weighted by Crippen LogP contribution is -2.01. The standard InChI is InChI=1S/C19H15BrN4O2/c1-26-19(25)11-2-6-15-13(9-11)22-18(24(15)12-4-5-12)14-8-10-3-7-16(20)23-17(10)21-14/h2-3,6-9,12H,4-5H2,1H3,(H,21,23). The number of carbonyl (C=O) groups excluding carboxylic acids is 1. The largest absolute Gasteiger partial charge is 0.465 e. The highest BCUT2D eigenvalue weighted by atomic mass is 79.9. The number of imidazole rings is 1. The second-order valence-corrected chi connectivity index (χ2v) is 7.30. The van der Waals surface area contributed by atoms with E-state index in [0.29, 0.717) is 11.6 Å². The van der Waals surface area contributed by atoms with Gasteiger partial charge in [0.25, 0.3) is 0 Å². The number of carbonyl (C=O) groups is 1. The van der Waals surface area contributed by atoms with Crippen LogP contribution in [0.4, 0.5) is 0 Å². The zero-order valence-corrected chi connectivity index (χ0v) is 15.6. The number of halogens is 1. The van der Waals surface area contributed by atoms with Gasteiger partial charge < -0.3 is 14.3 Å². The molecular weight excluding hydrogens is 396 g/mol. The Morgan fingerprint density at radius 3 is 2.85 bits per heavy atom. The van der Waals surface area contributed by atoms with E-state index in [9.17, 15) is 4.79 Å². The van der Waals surface area contributed by atoms with Gasteiger partial charge in [-0.15, -0.1) is 0 Å². The van der Waals surface area contributed by atoms with Crippen molar-refractivity contribution in [2.24, 2.45) is 0 Å². The molecule has 5 rings (SSSR count). The molecule has 3 heterocycles. The number of nitrogens with zero attached hydrogens (tertiary/aromatic N) is 3. The molecule has 0 atom stereocenters. The average molecular weight is 411 g/mol. The Kier molecular flexibility index (Phi) is 3.40. The highest BCUT2D eigenvalue weighted by Crippen LogP contribution is 2.41. The second kappa shape index (κ2) is 5.67. The first kappa shape index (κ1) is 15.6. The number of rotatable bonds is 3. The van der Waals surface area contributed by atoms with Gasteiger partial charge in [0.2, 0.25) is 0 Å². The molecule has 3 aromatic heterocycles. The monoisotopic (exact) mass is 410 g/mol. The summed E-state index contributed by atoms with van der Waals surface area (Å²) in [5.41, 5.74) is 4.08. The van der Waals surface area contributed by atoms with Crippen LogP contribution in [0, 0.1) is 0 Å². The highest BCUT2D eigenvalue weighted by molar-refractivity contribution is 9.10. The molecule has 0 amide bonds. The molecule has 7 heteroatoms. The van der Waals surface area contributed by atoms with Crippen molar-refractivity contribution in [2.45, 2.75) is 18.9 Å². The summed E-state index contributed by atoms with van der Waals surface area (Å²) in [7, 11) is 1.39. The minimum atomic E-state index is -0.353. The van der Waals surface area contributed by atoms with Gasteiger partial charge in [-0.25, -0.2) is 14.8 Å². The molecule has 0 aliphatic heterocycles. The second-order valence-electron chi connectivity index (χ2n) is 6.49. The number of hydrogen-bond acceptors (Lipinski definition) is 4. The number of nitrogens with one attached hydrogen (secondary N) is 1. The number of hydrogen-bond donors (Lipinski definition) is 1. The van der Waals surface area contributed by atoms with E-state index in [4.69, 9.17) is 9.72 Å². The third kappa shape index (κ3) is 2.42. The Morgan fingerprint density at radius 1 is 1.23 bits per heavy atom. The maximum absolute atomic E-state index is 11.8. The van der Waals surface area contributed by atoms with Crippen LogP contribution in [-0.4, -0.2) is 32.6 Å². The van der Waals surface area contributed by atoms with Crippen LogP contribution in [0.15, 0.2) is 41.0 Å². The number of esters is 1. The molecule has 130 valence electrons. The van der Waals surface area contributed by atoms with E-state index in [1.54, 1.807) is 12.1 Å². The Hall–Kier alpha value is -2.67. The van der Waals surface area contributed by atoms with Crippen LogP contribution in [-0.2, 0) is 4.74 Å². The molecule has 0 radical (unpaired) electrons. The first-order valence-electron chi connectivity index (χ1n) is 8.40. The zero-order valence-electron chi connectivity index (χ0n) is 14.0. The molecule has 0 unspecified atom stereocenters. The van der Waals surface area contributed by atoms with Crippen molar-refractivity contribution in [1.82, 2.24) is 19.5 Å². The van der Waals surface area contributed by atoms with Crippen LogP contribution in [0.2, 0.25) is 0 Å². The maximum Gasteiger partial charge on any atom is 0.337 e. The number of benzene rings is 1. The quantitative estimate of drug-likeness (QED) is 0.399. The van der Waals surface area contributed by atoms with E-state index in [1.807, 2.05) is 18.2 Å². The predicted molar refractivity (Wildman–Crippen MR) is 102 cm³/mol. The van der Waals surface area contributed by atoms with Crippen molar-refractivity contribution in [3.8, 4) is 11.5 Å². The lowest BCUT2D eigenvalue weighted by molar-refractivity contribution is 0.0601. The highest BCUT2D eigenvalue weighted by Gasteiger charge is 2.29. The van der Waals surface area contributed by atoms with Crippen LogP contribution in [0.1, 0.15) is 29.2 Å². The molecule has 1 aliphatic rings. The molecule has 0 spiro atoms. The van der Waals surface area contributed by atoms with Gasteiger partial charge in [-0.05, 0) is 65.2 Å². The third-order valence-corrected chi connectivity index (χ3v) is 5.15. The molecule has 0 saturated heterocycles. The summed E-state index contributed by atoms with van der Waals surface area (Å²) >= 11 is 3.41. The molecule has 1 fully saturated rings. The molecule has 4 aromatic rings. The number of fused-ring (bicyclic) bond motifs is 2. The smallest absolute Gasteiger partial charge is 0.337 e. The van der Waals surface area contributed by atoms with Gasteiger partial charge in [0.15, 0.2) is 5.82 Å². The number of methoxy groups -OCH3 is 1. The molecule has 6 nitrogen and oxygen atoms in total. The third-order valence-electron chi connectivity index (χ3n) is 4.71. The molecular formula is C19H15BrN4O2. The lowest BCUT2D eigenvalue weighted by Gasteiger charge is -2.06. The summed E-state index contributed by atoms with van der Waals surface area (Å²) in [6, 6.07) is 12.0. The molecule has 26 heavy (non-hydrogen) atoms. The molecule has 1 aliphatic carbocycles. The van der Waals surface area contributed by atoms with Gasteiger partial charge in [-0.2, -0.15) is 0 Å². The summed E-state index contributed by atoms with van der Waals surface area (Å²) in [5, 5.41) is 1.04. The fraction of sp³-hybridized carbons (Fsp3) is 0.211. The van der Waals surface area contributed by atoms with Crippen LogP contribution < -0.4 is 0 Å². The van der Waals surface area contributed by atoms with Gasteiger partial charge >= 0.3 is 5.97 Å². The summed E-state index contributed by atoms with van der Waals surface area (Å²) < 4.78 is 7.87. The fourth-order valence-electron chi connectivity index (χ4n) is 3.34. The SMILES string of the molecule is COC(=O)c1ccc2c(c1)nc(-c1cc3ccc(Br)nc3[nH]1)n2C1CC1. The lowest BCUT2D eigenvalue weighted by atomic mass is 10.2. The summed E-state index contributed by atoms with van der Waals surface area (Å²) in [4.78, 5) is 24.5. The van der Waals surface area contributed by atoms with Crippen molar-refractivity contribution < 1.29 is 9.53 Å². The average Bonchev–Trinajstić information content (AvgIpc) is 3.28. The van der Waals surface area contributed by atoms with Crippen LogP contribution in [0.3, 0.4) is 0 Å². The van der Waals surface area contributed by atoms with E-state index in [-0.39, 0.29) is 5.97 Å². The van der Waals surface area contributed by atoms with Gasteiger partial charge in [0, 0.05) is 11.4 Å². The molecule has 1 saturated carbocycles. The topological polar surface area (TPSA) is 72.8 Å². The van der Waals surface area contributed by atoms with Crippen LogP contribution >= 0.6 is 15.9 Å². The van der Waals surface area contributed by atoms with Gasteiger partial charge in [0.05, 0.1) is 29.4 Å². The number of ether oxygens (including phenoxy) is 1. The van der Waals surface area contributed by atoms with Crippen molar-refractivity contribution in [2.75, 3.05) is 7.11 Å². The number of aromatic nitrogens is 4. The fourth-order valence-corrected chi connectivity index (χ4v) is 3.65. The van der Waals surface area contributed by atoms with Gasteiger partial charge in [-0.3, -0.25) is 0 Å². The Balaban J connectivity index is 1.72. The van der Waals surface area contributed by atoms with Crippen molar-refractivity contribution in [1.29, 1.82) is 0 Å².